The van der Waals surface area contributed by atoms with E-state index in [9.17, 15) is 18.4 Å². The first-order valence-corrected chi connectivity index (χ1v) is 4.73. The summed E-state index contributed by atoms with van der Waals surface area (Å²) in [7, 11) is 0. The maximum atomic E-state index is 12.6. The van der Waals surface area contributed by atoms with Gasteiger partial charge in [0.1, 0.15) is 5.02 Å². The number of rotatable bonds is 3. The summed E-state index contributed by atoms with van der Waals surface area (Å²) in [6, 6.07) is 0. The highest BCUT2D eigenvalue weighted by Crippen LogP contribution is 2.25. The van der Waals surface area contributed by atoms with Crippen LogP contribution in [0, 0.1) is 0 Å². The lowest BCUT2D eigenvalue weighted by Crippen LogP contribution is -2.17. The van der Waals surface area contributed by atoms with Gasteiger partial charge in [-0.25, -0.2) is 13.6 Å². The fraction of sp³-hybridized carbons (Fsp3) is 0.333. The van der Waals surface area contributed by atoms with Crippen LogP contribution in [0.5, 0.6) is 0 Å². The van der Waals surface area contributed by atoms with Gasteiger partial charge in [-0.3, -0.25) is 4.79 Å². The molecule has 1 N–H and O–H groups in total. The molecule has 0 saturated heterocycles. The Morgan fingerprint density at radius 2 is 2.25 bits per heavy atom. The van der Waals surface area contributed by atoms with Gasteiger partial charge in [0.05, 0.1) is 17.7 Å². The molecule has 4 nitrogen and oxygen atoms in total. The second-order valence-electron chi connectivity index (χ2n) is 2.78. The van der Waals surface area contributed by atoms with Crippen LogP contribution >= 0.6 is 11.6 Å². The Balaban J connectivity index is 3.37. The number of H-pyrrole nitrogens is 1. The molecule has 0 amide bonds. The average molecular weight is 252 g/mol. The summed E-state index contributed by atoms with van der Waals surface area (Å²) >= 11 is 5.50. The zero-order valence-electron chi connectivity index (χ0n) is 8.22. The lowest BCUT2D eigenvalue weighted by molar-refractivity contribution is 0.0515. The molecule has 0 aliphatic carbocycles. The third-order valence-electron chi connectivity index (χ3n) is 1.78. The van der Waals surface area contributed by atoms with Gasteiger partial charge in [0.2, 0.25) is 0 Å². The molecule has 1 aromatic heterocycles. The van der Waals surface area contributed by atoms with Gasteiger partial charge in [0, 0.05) is 6.20 Å². The molecular formula is C9H8ClF2NO3. The van der Waals surface area contributed by atoms with E-state index in [1.165, 1.54) is 6.92 Å². The Morgan fingerprint density at radius 1 is 1.62 bits per heavy atom. The third-order valence-corrected chi connectivity index (χ3v) is 2.14. The molecular weight excluding hydrogens is 244 g/mol. The van der Waals surface area contributed by atoms with Crippen molar-refractivity contribution in [1.82, 2.24) is 4.98 Å². The minimum atomic E-state index is -2.92. The summed E-state index contributed by atoms with van der Waals surface area (Å²) < 4.78 is 29.6. The van der Waals surface area contributed by atoms with Crippen LogP contribution in [-0.4, -0.2) is 17.6 Å². The van der Waals surface area contributed by atoms with Crippen molar-refractivity contribution in [3.05, 3.63) is 32.7 Å². The van der Waals surface area contributed by atoms with E-state index in [0.29, 0.717) is 0 Å². The fourth-order valence-corrected chi connectivity index (χ4v) is 1.34. The van der Waals surface area contributed by atoms with Gasteiger partial charge in [0.15, 0.2) is 0 Å². The van der Waals surface area contributed by atoms with Gasteiger partial charge in [-0.1, -0.05) is 11.6 Å². The first-order valence-electron chi connectivity index (χ1n) is 4.35. The molecule has 0 aliphatic rings. The monoisotopic (exact) mass is 251 g/mol. The number of nitrogens with one attached hydrogen (secondary N) is 1. The molecule has 1 aromatic rings. The molecule has 88 valence electrons. The van der Waals surface area contributed by atoms with E-state index in [1.807, 2.05) is 4.98 Å². The van der Waals surface area contributed by atoms with Crippen molar-refractivity contribution in [2.75, 3.05) is 6.61 Å². The predicted molar refractivity (Wildman–Crippen MR) is 53.0 cm³/mol. The molecule has 0 aromatic carbocycles. The van der Waals surface area contributed by atoms with E-state index in [0.717, 1.165) is 6.20 Å². The summed E-state index contributed by atoms with van der Waals surface area (Å²) in [6.45, 7) is 1.52. The van der Waals surface area contributed by atoms with E-state index in [2.05, 4.69) is 4.74 Å². The lowest BCUT2D eigenvalue weighted by Gasteiger charge is -2.08. The van der Waals surface area contributed by atoms with Gasteiger partial charge in [0.25, 0.3) is 12.0 Å². The number of alkyl halides is 2. The van der Waals surface area contributed by atoms with Gasteiger partial charge >= 0.3 is 5.97 Å². The highest BCUT2D eigenvalue weighted by atomic mass is 35.5. The van der Waals surface area contributed by atoms with Crippen molar-refractivity contribution in [3.8, 4) is 0 Å². The van der Waals surface area contributed by atoms with Crippen LogP contribution in [0.25, 0.3) is 0 Å². The summed E-state index contributed by atoms with van der Waals surface area (Å²) in [5.41, 5.74) is -2.04. The van der Waals surface area contributed by atoms with Gasteiger partial charge in [-0.2, -0.15) is 0 Å². The molecule has 0 aliphatic heterocycles. The third kappa shape index (κ3) is 2.38. The summed E-state index contributed by atoms with van der Waals surface area (Å²) in [5, 5.41) is -0.587. The summed E-state index contributed by atoms with van der Waals surface area (Å²) in [5.74, 6) is -1.03. The number of hydrogen-bond acceptors (Lipinski definition) is 3. The van der Waals surface area contributed by atoms with Crippen LogP contribution in [0.3, 0.4) is 0 Å². The van der Waals surface area contributed by atoms with Gasteiger partial charge < -0.3 is 9.72 Å². The molecule has 7 heteroatoms. The van der Waals surface area contributed by atoms with Gasteiger partial charge in [-0.15, -0.1) is 0 Å². The zero-order valence-corrected chi connectivity index (χ0v) is 8.98. The number of aromatic amines is 1. The number of ether oxygens (including phenoxy) is 1. The van der Waals surface area contributed by atoms with Crippen LogP contribution in [0.1, 0.15) is 29.3 Å². The Morgan fingerprint density at radius 3 is 2.75 bits per heavy atom. The predicted octanol–water partition coefficient (Wildman–Crippen LogP) is 2.14. The SMILES string of the molecule is CCOC(=O)c1c(C(F)F)c[nH]c(=O)c1Cl. The number of carbonyl (C=O) groups excluding carboxylic acids is 1. The topological polar surface area (TPSA) is 59.2 Å². The summed E-state index contributed by atoms with van der Waals surface area (Å²) in [4.78, 5) is 24.4. The van der Waals surface area contributed by atoms with Crippen molar-refractivity contribution < 1.29 is 18.3 Å². The molecule has 0 fully saturated rings. The van der Waals surface area contributed by atoms with Crippen molar-refractivity contribution in [2.24, 2.45) is 0 Å². The number of halogens is 3. The second-order valence-corrected chi connectivity index (χ2v) is 3.16. The maximum Gasteiger partial charge on any atom is 0.340 e. The Hall–Kier alpha value is -1.43. The highest BCUT2D eigenvalue weighted by Gasteiger charge is 2.24. The van der Waals surface area contributed by atoms with Crippen molar-refractivity contribution in [2.45, 2.75) is 13.3 Å². The van der Waals surface area contributed by atoms with Gasteiger partial charge in [-0.05, 0) is 6.92 Å². The van der Waals surface area contributed by atoms with E-state index in [1.54, 1.807) is 0 Å². The first-order chi connectivity index (χ1) is 7.49. The largest absolute Gasteiger partial charge is 0.462 e. The Kier molecular flexibility index (Phi) is 4.00. The maximum absolute atomic E-state index is 12.6. The highest BCUT2D eigenvalue weighted by molar-refractivity contribution is 6.33. The molecule has 1 rings (SSSR count). The first kappa shape index (κ1) is 12.6. The molecule has 0 unspecified atom stereocenters. The molecule has 0 bridgehead atoms. The Bertz CT molecular complexity index is 459. The van der Waals surface area contributed by atoms with Crippen LogP contribution in [0.2, 0.25) is 5.02 Å². The number of esters is 1. The standard InChI is InChI=1S/C9H8ClF2NO3/c1-2-16-9(15)5-4(7(11)12)3-13-8(14)6(5)10/h3,7H,2H2,1H3,(H,13,14). The number of pyridine rings is 1. The molecule has 1 heterocycles. The van der Waals surface area contributed by atoms with Crippen LogP contribution in [0.4, 0.5) is 8.78 Å². The molecule has 0 atom stereocenters. The second kappa shape index (κ2) is 5.07. The van der Waals surface area contributed by atoms with Crippen molar-refractivity contribution >= 4 is 17.6 Å². The smallest absolute Gasteiger partial charge is 0.340 e. The minimum absolute atomic E-state index is 0.00460. The number of aromatic nitrogens is 1. The van der Waals surface area contributed by atoms with E-state index >= 15 is 0 Å². The molecule has 16 heavy (non-hydrogen) atoms. The zero-order chi connectivity index (χ0) is 12.3. The molecule has 0 radical (unpaired) electrons. The van der Waals surface area contributed by atoms with E-state index in [-0.39, 0.29) is 6.61 Å². The van der Waals surface area contributed by atoms with Crippen LogP contribution < -0.4 is 5.56 Å². The van der Waals surface area contributed by atoms with Crippen LogP contribution in [-0.2, 0) is 4.74 Å². The average Bonchev–Trinajstić information content (AvgIpc) is 2.21. The van der Waals surface area contributed by atoms with Crippen molar-refractivity contribution in [1.29, 1.82) is 0 Å². The van der Waals surface area contributed by atoms with Crippen molar-refractivity contribution in [3.63, 3.8) is 0 Å². The van der Waals surface area contributed by atoms with E-state index in [4.69, 9.17) is 11.6 Å². The number of carbonyl (C=O) groups is 1. The molecule has 0 saturated carbocycles. The normalized spacial score (nSPS) is 10.6. The fourth-order valence-electron chi connectivity index (χ4n) is 1.10. The van der Waals surface area contributed by atoms with Crippen LogP contribution in [0.15, 0.2) is 11.0 Å². The minimum Gasteiger partial charge on any atom is -0.462 e. The lowest BCUT2D eigenvalue weighted by atomic mass is 10.1. The number of hydrogen-bond donors (Lipinski definition) is 1. The van der Waals surface area contributed by atoms with E-state index < -0.39 is 34.1 Å². The summed E-state index contributed by atoms with van der Waals surface area (Å²) in [6.07, 6.45) is -2.17. The quantitative estimate of drug-likeness (QED) is 0.838. The molecule has 0 spiro atoms. The Labute approximate surface area is 94.2 Å².